The van der Waals surface area contributed by atoms with E-state index in [0.29, 0.717) is 32.1 Å². The number of ether oxygens (including phenoxy) is 3. The number of benzene rings is 1. The maximum absolute atomic E-state index is 14.5. The molecule has 1 aromatic heterocycles. The number of carbonyl (C=O) groups is 1. The Balaban J connectivity index is 1.65. The standard InChI is InChI=1S/C24H26F5N3O4/c1-13-18(15-5-6-16(25)19(26)20(15)34-3)21(36-23(13,2)24(27,28)29)22(33)31-14-4-7-17(30-12-14)32-8-10-35-11-9-32/h4-7,12-13,18,21H,8-11H2,1-3H3,(H,31,33)/t13-,18-,21+,23+/m0/s1. The number of nitrogens with zero attached hydrogens (tertiary/aromatic N) is 2. The monoisotopic (exact) mass is 515 g/mol. The molecular weight excluding hydrogens is 489 g/mol. The number of hydrogen-bond acceptors (Lipinski definition) is 6. The first-order valence-corrected chi connectivity index (χ1v) is 11.3. The van der Waals surface area contributed by atoms with Crippen LogP contribution in [-0.2, 0) is 14.3 Å². The molecule has 2 saturated heterocycles. The molecule has 0 bridgehead atoms. The fourth-order valence-electron chi connectivity index (χ4n) is 4.69. The molecule has 36 heavy (non-hydrogen) atoms. The smallest absolute Gasteiger partial charge is 0.417 e. The highest BCUT2D eigenvalue weighted by molar-refractivity contribution is 5.95. The van der Waals surface area contributed by atoms with Gasteiger partial charge in [-0.2, -0.15) is 17.6 Å². The number of hydrogen-bond donors (Lipinski definition) is 1. The molecule has 12 heteroatoms. The van der Waals surface area contributed by atoms with Gasteiger partial charge in [-0.1, -0.05) is 13.0 Å². The first kappa shape index (κ1) is 26.1. The number of pyridine rings is 1. The second-order valence-electron chi connectivity index (χ2n) is 8.94. The van der Waals surface area contributed by atoms with Gasteiger partial charge < -0.3 is 24.4 Å². The van der Waals surface area contributed by atoms with Crippen molar-refractivity contribution < 1.29 is 41.0 Å². The zero-order valence-corrected chi connectivity index (χ0v) is 19.9. The molecule has 1 amide bonds. The van der Waals surface area contributed by atoms with Gasteiger partial charge in [0.2, 0.25) is 5.82 Å². The summed E-state index contributed by atoms with van der Waals surface area (Å²) in [4.78, 5) is 19.5. The van der Waals surface area contributed by atoms with Crippen LogP contribution in [-0.4, -0.2) is 62.2 Å². The number of rotatable bonds is 5. The highest BCUT2D eigenvalue weighted by atomic mass is 19.4. The van der Waals surface area contributed by atoms with E-state index < -0.39 is 53.0 Å². The fourth-order valence-corrected chi connectivity index (χ4v) is 4.69. The molecule has 3 heterocycles. The largest absolute Gasteiger partial charge is 0.493 e. The van der Waals surface area contributed by atoms with Crippen molar-refractivity contribution in [3.63, 3.8) is 0 Å². The molecule has 0 aliphatic carbocycles. The van der Waals surface area contributed by atoms with Crippen LogP contribution in [0, 0.1) is 17.6 Å². The Morgan fingerprint density at radius 1 is 1.19 bits per heavy atom. The average Bonchev–Trinajstić information content (AvgIpc) is 3.13. The summed E-state index contributed by atoms with van der Waals surface area (Å²) >= 11 is 0. The summed E-state index contributed by atoms with van der Waals surface area (Å²) in [6.07, 6.45) is -5.13. The first-order chi connectivity index (χ1) is 17.0. The highest BCUT2D eigenvalue weighted by Crippen LogP contribution is 2.55. The Morgan fingerprint density at radius 3 is 2.47 bits per heavy atom. The molecule has 1 aromatic carbocycles. The second kappa shape index (κ2) is 9.81. The van der Waals surface area contributed by atoms with E-state index >= 15 is 0 Å². The van der Waals surface area contributed by atoms with Crippen molar-refractivity contribution in [1.82, 2.24) is 4.98 Å². The molecule has 2 fully saturated rings. The van der Waals surface area contributed by atoms with Crippen molar-refractivity contribution in [2.45, 2.75) is 37.6 Å². The third-order valence-corrected chi connectivity index (χ3v) is 6.92. The molecule has 4 rings (SSSR count). The van der Waals surface area contributed by atoms with Crippen LogP contribution in [0.2, 0.25) is 0 Å². The zero-order valence-electron chi connectivity index (χ0n) is 19.9. The molecule has 0 radical (unpaired) electrons. The molecule has 7 nitrogen and oxygen atoms in total. The molecule has 2 aromatic rings. The van der Waals surface area contributed by atoms with E-state index in [1.165, 1.54) is 13.1 Å². The third-order valence-electron chi connectivity index (χ3n) is 6.92. The minimum Gasteiger partial charge on any atom is -0.493 e. The van der Waals surface area contributed by atoms with Crippen molar-refractivity contribution in [2.24, 2.45) is 5.92 Å². The summed E-state index contributed by atoms with van der Waals surface area (Å²) in [5.41, 5.74) is -2.59. The lowest BCUT2D eigenvalue weighted by atomic mass is 9.77. The summed E-state index contributed by atoms with van der Waals surface area (Å²) in [7, 11) is 1.07. The summed E-state index contributed by atoms with van der Waals surface area (Å²) < 4.78 is 86.1. The quantitative estimate of drug-likeness (QED) is 0.600. The van der Waals surface area contributed by atoms with Gasteiger partial charge in [0, 0.05) is 30.5 Å². The lowest BCUT2D eigenvalue weighted by Crippen LogP contribution is -2.47. The van der Waals surface area contributed by atoms with E-state index in [-0.39, 0.29) is 11.3 Å². The van der Waals surface area contributed by atoms with Crippen LogP contribution in [0.5, 0.6) is 5.75 Å². The number of aromatic nitrogens is 1. The molecule has 0 unspecified atom stereocenters. The Bertz CT molecular complexity index is 1110. The Kier molecular flexibility index (Phi) is 7.11. The molecule has 4 atom stereocenters. The van der Waals surface area contributed by atoms with Crippen molar-refractivity contribution in [1.29, 1.82) is 0 Å². The molecular formula is C24H26F5N3O4. The minimum absolute atomic E-state index is 0.0992. The highest BCUT2D eigenvalue weighted by Gasteiger charge is 2.65. The Hall–Kier alpha value is -2.99. The predicted octanol–water partition coefficient (Wildman–Crippen LogP) is 4.28. The summed E-state index contributed by atoms with van der Waals surface area (Å²) in [5.74, 6) is -6.01. The van der Waals surface area contributed by atoms with E-state index in [4.69, 9.17) is 14.2 Å². The van der Waals surface area contributed by atoms with Crippen molar-refractivity contribution in [3.05, 3.63) is 47.7 Å². The van der Waals surface area contributed by atoms with Crippen LogP contribution in [0.3, 0.4) is 0 Å². The van der Waals surface area contributed by atoms with Gasteiger partial charge in [-0.3, -0.25) is 4.79 Å². The van der Waals surface area contributed by atoms with Gasteiger partial charge in [-0.05, 0) is 25.1 Å². The number of alkyl halides is 3. The topological polar surface area (TPSA) is 72.9 Å². The van der Waals surface area contributed by atoms with Crippen LogP contribution in [0.15, 0.2) is 30.5 Å². The maximum atomic E-state index is 14.5. The van der Waals surface area contributed by atoms with E-state index in [9.17, 15) is 26.7 Å². The SMILES string of the molecule is COc1c([C@H]2[C@H](C(=O)Nc3ccc(N4CCOCC4)nc3)O[C@@](C)(C(F)(F)F)[C@H]2C)ccc(F)c1F. The van der Waals surface area contributed by atoms with E-state index in [1.54, 1.807) is 12.1 Å². The van der Waals surface area contributed by atoms with Gasteiger partial charge >= 0.3 is 6.18 Å². The number of amides is 1. The zero-order chi connectivity index (χ0) is 26.3. The van der Waals surface area contributed by atoms with Crippen LogP contribution >= 0.6 is 0 Å². The average molecular weight is 515 g/mol. The number of methoxy groups -OCH3 is 1. The molecule has 196 valence electrons. The Morgan fingerprint density at radius 2 is 1.89 bits per heavy atom. The second-order valence-corrected chi connectivity index (χ2v) is 8.94. The summed E-state index contributed by atoms with van der Waals surface area (Å²) in [6, 6.07) is 5.15. The molecule has 2 aliphatic heterocycles. The number of nitrogens with one attached hydrogen (secondary N) is 1. The lowest BCUT2D eigenvalue weighted by Gasteiger charge is -2.32. The number of halogens is 5. The summed E-state index contributed by atoms with van der Waals surface area (Å²) in [5, 5.41) is 2.54. The van der Waals surface area contributed by atoms with Gasteiger partial charge in [0.05, 0.1) is 32.2 Å². The minimum atomic E-state index is -4.84. The van der Waals surface area contributed by atoms with Crippen molar-refractivity contribution in [2.75, 3.05) is 43.6 Å². The van der Waals surface area contributed by atoms with E-state index in [2.05, 4.69) is 10.3 Å². The molecule has 2 aliphatic rings. The fraction of sp³-hybridized carbons (Fsp3) is 0.500. The summed E-state index contributed by atoms with van der Waals surface area (Å²) in [6.45, 7) is 4.52. The van der Waals surface area contributed by atoms with Gasteiger partial charge in [0.25, 0.3) is 5.91 Å². The van der Waals surface area contributed by atoms with E-state index in [0.717, 1.165) is 26.2 Å². The third kappa shape index (κ3) is 4.59. The molecule has 1 N–H and O–H groups in total. The van der Waals surface area contributed by atoms with Gasteiger partial charge in [-0.25, -0.2) is 9.37 Å². The molecule has 0 saturated carbocycles. The van der Waals surface area contributed by atoms with Gasteiger partial charge in [-0.15, -0.1) is 0 Å². The van der Waals surface area contributed by atoms with Gasteiger partial charge in [0.1, 0.15) is 11.9 Å². The predicted molar refractivity (Wildman–Crippen MR) is 120 cm³/mol. The maximum Gasteiger partial charge on any atom is 0.417 e. The van der Waals surface area contributed by atoms with Crippen LogP contribution in [0.4, 0.5) is 33.5 Å². The number of carbonyl (C=O) groups excluding carboxylic acids is 1. The first-order valence-electron chi connectivity index (χ1n) is 11.3. The molecule has 0 spiro atoms. The van der Waals surface area contributed by atoms with Gasteiger partial charge in [0.15, 0.2) is 17.2 Å². The number of morpholine rings is 1. The van der Waals surface area contributed by atoms with Crippen molar-refractivity contribution in [3.8, 4) is 5.75 Å². The van der Waals surface area contributed by atoms with Crippen molar-refractivity contribution >= 4 is 17.4 Å². The van der Waals surface area contributed by atoms with Crippen LogP contribution in [0.25, 0.3) is 0 Å². The Labute approximate surface area is 204 Å². The van der Waals surface area contributed by atoms with Crippen LogP contribution < -0.4 is 15.0 Å². The number of anilines is 2. The van der Waals surface area contributed by atoms with E-state index in [1.807, 2.05) is 4.90 Å². The van der Waals surface area contributed by atoms with Crippen LogP contribution in [0.1, 0.15) is 25.3 Å². The lowest BCUT2D eigenvalue weighted by molar-refractivity contribution is -0.272. The normalized spacial score (nSPS) is 26.7.